The van der Waals surface area contributed by atoms with Crippen molar-refractivity contribution in [3.8, 4) is 0 Å². The van der Waals surface area contributed by atoms with E-state index in [0.29, 0.717) is 0 Å². The minimum atomic E-state index is 0.0914. The Morgan fingerprint density at radius 2 is 1.81 bits per heavy atom. The molecule has 0 N–H and O–H groups in total. The lowest BCUT2D eigenvalue weighted by atomic mass is 10.0. The maximum atomic E-state index is 12.2. The molecular formula is C14H11IO. The van der Waals surface area contributed by atoms with E-state index >= 15 is 0 Å². The average Bonchev–Trinajstić information content (AvgIpc) is 2.29. The molecule has 2 rings (SSSR count). The van der Waals surface area contributed by atoms with Crippen LogP contribution in [0.25, 0.3) is 0 Å². The van der Waals surface area contributed by atoms with E-state index in [-0.39, 0.29) is 5.78 Å². The van der Waals surface area contributed by atoms with Crippen molar-refractivity contribution in [2.45, 2.75) is 6.92 Å². The topological polar surface area (TPSA) is 17.1 Å². The van der Waals surface area contributed by atoms with Gasteiger partial charge >= 0.3 is 0 Å². The van der Waals surface area contributed by atoms with Gasteiger partial charge in [0.1, 0.15) is 0 Å². The number of ketones is 1. The fourth-order valence-corrected chi connectivity index (χ4v) is 2.22. The Hall–Kier alpha value is -1.16. The van der Waals surface area contributed by atoms with E-state index in [9.17, 15) is 4.79 Å². The first-order valence-corrected chi connectivity index (χ1v) is 6.12. The Morgan fingerprint density at radius 3 is 2.50 bits per heavy atom. The second kappa shape index (κ2) is 4.78. The van der Waals surface area contributed by atoms with Crippen molar-refractivity contribution in [3.05, 3.63) is 68.8 Å². The van der Waals surface area contributed by atoms with Crippen molar-refractivity contribution in [2.24, 2.45) is 0 Å². The van der Waals surface area contributed by atoms with Gasteiger partial charge < -0.3 is 0 Å². The minimum Gasteiger partial charge on any atom is -0.289 e. The number of hydrogen-bond donors (Lipinski definition) is 0. The molecule has 2 aromatic carbocycles. The van der Waals surface area contributed by atoms with Crippen molar-refractivity contribution in [3.63, 3.8) is 0 Å². The van der Waals surface area contributed by atoms with Gasteiger partial charge in [0.25, 0.3) is 0 Å². The number of benzene rings is 2. The first kappa shape index (κ1) is 11.3. The lowest BCUT2D eigenvalue weighted by Crippen LogP contribution is -2.03. The van der Waals surface area contributed by atoms with Gasteiger partial charge in [-0.2, -0.15) is 0 Å². The van der Waals surface area contributed by atoms with Crippen LogP contribution in [-0.2, 0) is 0 Å². The molecule has 2 aromatic rings. The molecule has 1 nitrogen and oxygen atoms in total. The van der Waals surface area contributed by atoms with Crippen molar-refractivity contribution >= 4 is 28.4 Å². The fraction of sp³-hybridized carbons (Fsp3) is 0.0714. The highest BCUT2D eigenvalue weighted by Gasteiger charge is 2.11. The smallest absolute Gasteiger partial charge is 0.194 e. The van der Waals surface area contributed by atoms with Crippen LogP contribution < -0.4 is 0 Å². The first-order valence-electron chi connectivity index (χ1n) is 5.04. The summed E-state index contributed by atoms with van der Waals surface area (Å²) in [5, 5.41) is 0. The summed E-state index contributed by atoms with van der Waals surface area (Å²) in [5.74, 6) is 0.0914. The van der Waals surface area contributed by atoms with Gasteiger partial charge in [0.2, 0.25) is 0 Å². The Bertz CT molecular complexity index is 532. The number of hydrogen-bond acceptors (Lipinski definition) is 1. The summed E-state index contributed by atoms with van der Waals surface area (Å²) in [5.41, 5.74) is 2.63. The van der Waals surface area contributed by atoms with E-state index in [1.165, 1.54) is 0 Å². The summed E-state index contributed by atoms with van der Waals surface area (Å²) >= 11 is 2.19. The molecule has 2 heteroatoms. The van der Waals surface area contributed by atoms with E-state index in [2.05, 4.69) is 22.6 Å². The van der Waals surface area contributed by atoms with E-state index in [1.54, 1.807) is 0 Å². The molecule has 0 atom stereocenters. The molecule has 80 valence electrons. The maximum Gasteiger partial charge on any atom is 0.194 e. The van der Waals surface area contributed by atoms with E-state index in [1.807, 2.05) is 55.5 Å². The Morgan fingerprint density at radius 1 is 1.06 bits per heavy atom. The van der Waals surface area contributed by atoms with Crippen LogP contribution in [0, 0.1) is 10.5 Å². The molecule has 0 saturated heterocycles. The van der Waals surface area contributed by atoms with Crippen molar-refractivity contribution in [2.75, 3.05) is 0 Å². The van der Waals surface area contributed by atoms with Crippen molar-refractivity contribution in [1.29, 1.82) is 0 Å². The maximum absolute atomic E-state index is 12.2. The molecular weight excluding hydrogens is 311 g/mol. The summed E-state index contributed by atoms with van der Waals surface area (Å²) in [6, 6.07) is 15.3. The predicted octanol–water partition coefficient (Wildman–Crippen LogP) is 3.83. The highest BCUT2D eigenvalue weighted by Crippen LogP contribution is 2.16. The summed E-state index contributed by atoms with van der Waals surface area (Å²) in [6.45, 7) is 1.99. The summed E-state index contributed by atoms with van der Waals surface area (Å²) in [7, 11) is 0. The number of halogens is 1. The fourth-order valence-electron chi connectivity index (χ4n) is 1.59. The van der Waals surface area contributed by atoms with Crippen LogP contribution >= 0.6 is 22.6 Å². The third-order valence-electron chi connectivity index (χ3n) is 2.40. The van der Waals surface area contributed by atoms with Crippen molar-refractivity contribution < 1.29 is 4.79 Å². The summed E-state index contributed by atoms with van der Waals surface area (Å²) < 4.78 is 0.992. The van der Waals surface area contributed by atoms with Crippen molar-refractivity contribution in [1.82, 2.24) is 0 Å². The Kier molecular flexibility index (Phi) is 3.39. The summed E-state index contributed by atoms with van der Waals surface area (Å²) in [4.78, 5) is 12.2. The average molecular weight is 322 g/mol. The summed E-state index contributed by atoms with van der Waals surface area (Å²) in [6.07, 6.45) is 0. The largest absolute Gasteiger partial charge is 0.289 e. The number of carbonyl (C=O) groups is 1. The Labute approximate surface area is 109 Å². The Balaban J connectivity index is 2.44. The zero-order valence-electron chi connectivity index (χ0n) is 8.91. The molecule has 0 saturated carbocycles. The van der Waals surface area contributed by atoms with Gasteiger partial charge in [-0.25, -0.2) is 0 Å². The predicted molar refractivity (Wildman–Crippen MR) is 73.8 cm³/mol. The molecule has 0 fully saturated rings. The van der Waals surface area contributed by atoms with Crippen LogP contribution in [0.15, 0.2) is 48.5 Å². The van der Waals surface area contributed by atoms with Gasteiger partial charge in [-0.05, 0) is 47.7 Å². The lowest BCUT2D eigenvalue weighted by molar-refractivity contribution is 0.103. The molecule has 0 unspecified atom stereocenters. The third kappa shape index (κ3) is 2.32. The lowest BCUT2D eigenvalue weighted by Gasteiger charge is -2.04. The molecule has 0 aliphatic heterocycles. The van der Waals surface area contributed by atoms with Gasteiger partial charge in [0, 0.05) is 14.7 Å². The highest BCUT2D eigenvalue weighted by atomic mass is 127. The van der Waals surface area contributed by atoms with Crippen LogP contribution in [0.2, 0.25) is 0 Å². The molecule has 0 aliphatic carbocycles. The van der Waals surface area contributed by atoms with E-state index in [4.69, 9.17) is 0 Å². The number of aryl methyl sites for hydroxylation is 1. The molecule has 0 spiro atoms. The van der Waals surface area contributed by atoms with Gasteiger partial charge in [0.15, 0.2) is 5.78 Å². The highest BCUT2D eigenvalue weighted by molar-refractivity contribution is 14.1. The van der Waals surface area contributed by atoms with Gasteiger partial charge in [-0.1, -0.05) is 35.9 Å². The molecule has 0 radical (unpaired) electrons. The van der Waals surface area contributed by atoms with Gasteiger partial charge in [-0.15, -0.1) is 0 Å². The number of rotatable bonds is 2. The van der Waals surface area contributed by atoms with Crippen LogP contribution in [0.5, 0.6) is 0 Å². The molecule has 0 aliphatic rings. The molecule has 16 heavy (non-hydrogen) atoms. The zero-order chi connectivity index (χ0) is 11.5. The third-order valence-corrected chi connectivity index (χ3v) is 3.34. The van der Waals surface area contributed by atoms with Crippen LogP contribution in [0.1, 0.15) is 21.5 Å². The van der Waals surface area contributed by atoms with Gasteiger partial charge in [-0.3, -0.25) is 4.79 Å². The first-order chi connectivity index (χ1) is 7.68. The standard InChI is InChI=1S/C14H11IO/c1-10-5-4-6-11(9-10)14(16)12-7-2-3-8-13(12)15/h2-9H,1H3. The molecule has 0 bridgehead atoms. The second-order valence-electron chi connectivity index (χ2n) is 3.68. The minimum absolute atomic E-state index is 0.0914. The van der Waals surface area contributed by atoms with Crippen LogP contribution in [-0.4, -0.2) is 5.78 Å². The monoisotopic (exact) mass is 322 g/mol. The molecule has 0 amide bonds. The SMILES string of the molecule is Cc1cccc(C(=O)c2ccccc2I)c1. The normalized spacial score (nSPS) is 10.1. The number of carbonyl (C=O) groups excluding carboxylic acids is 1. The molecule has 0 heterocycles. The van der Waals surface area contributed by atoms with E-state index in [0.717, 1.165) is 20.3 Å². The van der Waals surface area contributed by atoms with Gasteiger partial charge in [0.05, 0.1) is 0 Å². The molecule has 0 aromatic heterocycles. The zero-order valence-corrected chi connectivity index (χ0v) is 11.1. The van der Waals surface area contributed by atoms with E-state index < -0.39 is 0 Å². The van der Waals surface area contributed by atoms with Crippen LogP contribution in [0.3, 0.4) is 0 Å². The van der Waals surface area contributed by atoms with Crippen LogP contribution in [0.4, 0.5) is 0 Å². The second-order valence-corrected chi connectivity index (χ2v) is 4.84. The quantitative estimate of drug-likeness (QED) is 0.607.